The van der Waals surface area contributed by atoms with Crippen LogP contribution in [0, 0.1) is 0 Å². The van der Waals surface area contributed by atoms with Crippen LogP contribution in [0.15, 0.2) is 54.6 Å². The zero-order valence-electron chi connectivity index (χ0n) is 12.4. The Morgan fingerprint density at radius 2 is 1.70 bits per heavy atom. The first-order valence-corrected chi connectivity index (χ1v) is 8.27. The summed E-state index contributed by atoms with van der Waals surface area (Å²) in [5.74, 6) is 1.65. The van der Waals surface area contributed by atoms with E-state index in [0.717, 1.165) is 10.0 Å². The van der Waals surface area contributed by atoms with Gasteiger partial charge < -0.3 is 13.9 Å². The fourth-order valence-electron chi connectivity index (χ4n) is 2.32. The van der Waals surface area contributed by atoms with Gasteiger partial charge in [-0.15, -0.1) is 0 Å². The Bertz CT molecular complexity index is 947. The predicted octanol–water partition coefficient (Wildman–Crippen LogP) is 5.00. The molecule has 3 aromatic rings. The summed E-state index contributed by atoms with van der Waals surface area (Å²) >= 11 is 6.81. The van der Waals surface area contributed by atoms with Crippen molar-refractivity contribution in [3.63, 3.8) is 0 Å². The summed E-state index contributed by atoms with van der Waals surface area (Å²) in [7, 11) is 3.13. The number of benzene rings is 2. The van der Waals surface area contributed by atoms with Gasteiger partial charge >= 0.3 is 0 Å². The molecule has 0 bridgehead atoms. The van der Waals surface area contributed by atoms with Crippen LogP contribution in [0.25, 0.3) is 22.3 Å². The molecule has 0 radical (unpaired) electrons. The molecule has 1 heterocycles. The number of rotatable bonds is 3. The molecule has 2 aromatic carbocycles. The second-order valence-corrected chi connectivity index (χ2v) is 6.58. The summed E-state index contributed by atoms with van der Waals surface area (Å²) in [6, 6.07) is 10.4. The van der Waals surface area contributed by atoms with E-state index in [0.29, 0.717) is 32.7 Å². The van der Waals surface area contributed by atoms with Crippen LogP contribution in [-0.2, 0) is 0 Å². The Balaban J connectivity index is 2.23. The average molecular weight is 440 g/mol. The largest absolute Gasteiger partial charge is 0.493 e. The molecule has 0 fully saturated rings. The summed E-state index contributed by atoms with van der Waals surface area (Å²) in [5.41, 5.74) is 1.12. The van der Waals surface area contributed by atoms with E-state index in [1.807, 2.05) is 12.1 Å². The van der Waals surface area contributed by atoms with Crippen LogP contribution in [0.5, 0.6) is 11.5 Å². The van der Waals surface area contributed by atoms with Crippen LogP contribution < -0.4 is 14.9 Å². The van der Waals surface area contributed by atoms with Crippen LogP contribution in [0.3, 0.4) is 0 Å². The monoisotopic (exact) mass is 438 g/mol. The van der Waals surface area contributed by atoms with Gasteiger partial charge in [0.25, 0.3) is 0 Å². The molecule has 118 valence electrons. The van der Waals surface area contributed by atoms with E-state index >= 15 is 0 Å². The van der Waals surface area contributed by atoms with Gasteiger partial charge in [0.1, 0.15) is 5.76 Å². The van der Waals surface area contributed by atoms with Crippen molar-refractivity contribution in [2.24, 2.45) is 0 Å². The summed E-state index contributed by atoms with van der Waals surface area (Å²) in [6.07, 6.45) is 0. The maximum Gasteiger partial charge on any atom is 0.193 e. The Labute approximate surface area is 149 Å². The minimum absolute atomic E-state index is 0.113. The Morgan fingerprint density at radius 3 is 2.39 bits per heavy atom. The molecule has 3 rings (SSSR count). The lowest BCUT2D eigenvalue weighted by Gasteiger charge is -2.10. The molecule has 0 N–H and O–H groups in total. The number of hydrogen-bond acceptors (Lipinski definition) is 4. The molecule has 0 unspecified atom stereocenters. The molecule has 0 saturated heterocycles. The third-order valence-corrected chi connectivity index (χ3v) is 4.46. The van der Waals surface area contributed by atoms with Crippen LogP contribution >= 0.6 is 31.9 Å². The second kappa shape index (κ2) is 6.37. The number of fused-ring (bicyclic) bond motifs is 1. The lowest BCUT2D eigenvalue weighted by atomic mass is 10.1. The van der Waals surface area contributed by atoms with E-state index in [2.05, 4.69) is 31.9 Å². The minimum atomic E-state index is -0.113. The van der Waals surface area contributed by atoms with E-state index in [4.69, 9.17) is 13.9 Å². The van der Waals surface area contributed by atoms with E-state index in [9.17, 15) is 4.79 Å². The Hall–Kier alpha value is -1.79. The van der Waals surface area contributed by atoms with E-state index < -0.39 is 0 Å². The maximum atomic E-state index is 12.4. The number of hydrogen-bond donors (Lipinski definition) is 0. The molecule has 0 aliphatic heterocycles. The molecule has 0 amide bonds. The SMILES string of the molecule is COc1ccc(-c2cc(=O)c3cc(Br)cc(Br)c3o2)cc1OC. The van der Waals surface area contributed by atoms with Crippen LogP contribution in [0.1, 0.15) is 0 Å². The number of ether oxygens (including phenoxy) is 2. The Morgan fingerprint density at radius 1 is 0.957 bits per heavy atom. The van der Waals surface area contributed by atoms with Gasteiger partial charge in [-0.25, -0.2) is 0 Å². The third-order valence-electron chi connectivity index (χ3n) is 3.42. The number of methoxy groups -OCH3 is 2. The maximum absolute atomic E-state index is 12.4. The summed E-state index contributed by atoms with van der Waals surface area (Å²) in [4.78, 5) is 12.4. The van der Waals surface area contributed by atoms with E-state index in [-0.39, 0.29) is 5.43 Å². The van der Waals surface area contributed by atoms with Gasteiger partial charge in [-0.1, -0.05) is 15.9 Å². The summed E-state index contributed by atoms with van der Waals surface area (Å²) in [6.45, 7) is 0. The summed E-state index contributed by atoms with van der Waals surface area (Å²) < 4.78 is 18.0. The van der Waals surface area contributed by atoms with Gasteiger partial charge in [-0.2, -0.15) is 0 Å². The zero-order chi connectivity index (χ0) is 16.6. The minimum Gasteiger partial charge on any atom is -0.493 e. The highest BCUT2D eigenvalue weighted by molar-refractivity contribution is 9.11. The van der Waals surface area contributed by atoms with Crippen molar-refractivity contribution in [1.29, 1.82) is 0 Å². The topological polar surface area (TPSA) is 48.7 Å². The molecule has 6 heteroatoms. The van der Waals surface area contributed by atoms with Crippen molar-refractivity contribution in [3.8, 4) is 22.8 Å². The first-order valence-electron chi connectivity index (χ1n) is 6.69. The van der Waals surface area contributed by atoms with Crippen molar-refractivity contribution in [1.82, 2.24) is 0 Å². The van der Waals surface area contributed by atoms with Gasteiger partial charge in [-0.3, -0.25) is 4.79 Å². The third kappa shape index (κ3) is 3.01. The van der Waals surface area contributed by atoms with Crippen molar-refractivity contribution in [2.75, 3.05) is 14.2 Å². The number of halogens is 2. The standard InChI is InChI=1S/C17H12Br2O4/c1-21-14-4-3-9(5-16(14)22-2)15-8-13(20)11-6-10(18)7-12(19)17(11)23-15/h3-8H,1-2H3. The molecule has 23 heavy (non-hydrogen) atoms. The highest BCUT2D eigenvalue weighted by Gasteiger charge is 2.13. The van der Waals surface area contributed by atoms with Crippen molar-refractivity contribution >= 4 is 42.8 Å². The van der Waals surface area contributed by atoms with E-state index in [1.54, 1.807) is 32.4 Å². The highest BCUT2D eigenvalue weighted by atomic mass is 79.9. The lowest BCUT2D eigenvalue weighted by molar-refractivity contribution is 0.355. The van der Waals surface area contributed by atoms with Gasteiger partial charge in [-0.05, 0) is 46.3 Å². The molecular weight excluding hydrogens is 428 g/mol. The first-order chi connectivity index (χ1) is 11.0. The van der Waals surface area contributed by atoms with Gasteiger partial charge in [0, 0.05) is 16.1 Å². The molecule has 0 saturated carbocycles. The smallest absolute Gasteiger partial charge is 0.193 e. The molecule has 4 nitrogen and oxygen atoms in total. The van der Waals surface area contributed by atoms with Crippen molar-refractivity contribution in [2.45, 2.75) is 0 Å². The predicted molar refractivity (Wildman–Crippen MR) is 96.4 cm³/mol. The summed E-state index contributed by atoms with van der Waals surface area (Å²) in [5, 5.41) is 0.510. The average Bonchev–Trinajstić information content (AvgIpc) is 2.55. The van der Waals surface area contributed by atoms with Crippen molar-refractivity contribution < 1.29 is 13.9 Å². The van der Waals surface area contributed by atoms with Crippen molar-refractivity contribution in [3.05, 3.63) is 55.6 Å². The lowest BCUT2D eigenvalue weighted by Crippen LogP contribution is -2.01. The van der Waals surface area contributed by atoms with Crippen LogP contribution in [0.4, 0.5) is 0 Å². The Kier molecular flexibility index (Phi) is 4.46. The van der Waals surface area contributed by atoms with Gasteiger partial charge in [0.15, 0.2) is 22.5 Å². The molecule has 0 aliphatic carbocycles. The molecule has 0 spiro atoms. The van der Waals surface area contributed by atoms with E-state index in [1.165, 1.54) is 6.07 Å². The zero-order valence-corrected chi connectivity index (χ0v) is 15.5. The normalized spacial score (nSPS) is 10.8. The van der Waals surface area contributed by atoms with Gasteiger partial charge in [0.05, 0.1) is 24.1 Å². The van der Waals surface area contributed by atoms with Gasteiger partial charge in [0.2, 0.25) is 0 Å². The fraction of sp³-hybridized carbons (Fsp3) is 0.118. The highest BCUT2D eigenvalue weighted by Crippen LogP contribution is 2.34. The van der Waals surface area contributed by atoms with Crippen LogP contribution in [-0.4, -0.2) is 14.2 Å². The molecule has 1 aromatic heterocycles. The van der Waals surface area contributed by atoms with Crippen LogP contribution in [0.2, 0.25) is 0 Å². The molecule has 0 atom stereocenters. The first kappa shape index (κ1) is 16.1. The second-order valence-electron chi connectivity index (χ2n) is 4.81. The fourth-order valence-corrected chi connectivity index (χ4v) is 3.62. The molecule has 0 aliphatic rings. The molecular formula is C17H12Br2O4. The quantitative estimate of drug-likeness (QED) is 0.576.